The van der Waals surface area contributed by atoms with Crippen LogP contribution in [0.15, 0.2) is 36.7 Å². The lowest BCUT2D eigenvalue weighted by molar-refractivity contribution is 0.0729. The van der Waals surface area contributed by atoms with Gasteiger partial charge in [-0.3, -0.25) is 0 Å². The van der Waals surface area contributed by atoms with Gasteiger partial charge in [-0.05, 0) is 39.0 Å². The maximum atomic E-state index is 14.3. The number of nitrogens with zero attached hydrogens (tertiary/aromatic N) is 7. The average molecular weight is 397 g/mol. The van der Waals surface area contributed by atoms with Crippen molar-refractivity contribution in [2.24, 2.45) is 0 Å². The Morgan fingerprint density at radius 2 is 2.00 bits per heavy atom. The molecule has 150 valence electrons. The largest absolute Gasteiger partial charge is 0.468 e. The van der Waals surface area contributed by atoms with Gasteiger partial charge in [0.25, 0.3) is 0 Å². The van der Waals surface area contributed by atoms with Crippen molar-refractivity contribution >= 4 is 5.65 Å². The van der Waals surface area contributed by atoms with E-state index in [1.807, 2.05) is 6.92 Å². The van der Waals surface area contributed by atoms with E-state index in [4.69, 9.17) is 4.74 Å². The average Bonchev–Trinajstić information content (AvgIpc) is 3.31. The number of hydrogen-bond acceptors (Lipinski definition) is 7. The van der Waals surface area contributed by atoms with E-state index in [2.05, 4.69) is 25.4 Å². The molecule has 4 rings (SSSR count). The van der Waals surface area contributed by atoms with E-state index >= 15 is 0 Å². The van der Waals surface area contributed by atoms with Gasteiger partial charge in [0.15, 0.2) is 17.3 Å². The summed E-state index contributed by atoms with van der Waals surface area (Å²) < 4.78 is 23.3. The number of rotatable bonds is 6. The standard InChI is InChI=1S/C19H20FN7O2/c1-4-26-16(21-11-22-26)10-29-18-13(19(2,3)28)9-15-23-24-17(27(15)25-18)12-7-5-6-8-14(12)20/h5-9,11,28H,4,10H2,1-3H3. The van der Waals surface area contributed by atoms with Crippen molar-refractivity contribution in [1.82, 2.24) is 34.6 Å². The molecule has 0 saturated carbocycles. The zero-order chi connectivity index (χ0) is 20.6. The fourth-order valence-corrected chi connectivity index (χ4v) is 2.97. The van der Waals surface area contributed by atoms with E-state index in [1.54, 1.807) is 42.8 Å². The van der Waals surface area contributed by atoms with Crippen LogP contribution in [0.5, 0.6) is 5.88 Å². The molecule has 1 aromatic carbocycles. The van der Waals surface area contributed by atoms with Crippen molar-refractivity contribution in [2.75, 3.05) is 0 Å². The molecule has 29 heavy (non-hydrogen) atoms. The third-order valence-corrected chi connectivity index (χ3v) is 4.47. The SMILES string of the molecule is CCn1ncnc1COc1nn2c(-c3ccccc3F)nnc2cc1C(C)(C)O. The molecule has 0 bridgehead atoms. The maximum Gasteiger partial charge on any atom is 0.238 e. The smallest absolute Gasteiger partial charge is 0.238 e. The van der Waals surface area contributed by atoms with Crippen LogP contribution in [0.4, 0.5) is 4.39 Å². The van der Waals surface area contributed by atoms with Crippen molar-refractivity contribution < 1.29 is 14.2 Å². The lowest BCUT2D eigenvalue weighted by Crippen LogP contribution is -2.20. The monoisotopic (exact) mass is 397 g/mol. The Hall–Kier alpha value is -3.40. The lowest BCUT2D eigenvalue weighted by Gasteiger charge is -2.20. The second-order valence-corrected chi connectivity index (χ2v) is 6.98. The van der Waals surface area contributed by atoms with Crippen LogP contribution >= 0.6 is 0 Å². The van der Waals surface area contributed by atoms with Gasteiger partial charge in [0.1, 0.15) is 18.8 Å². The van der Waals surface area contributed by atoms with E-state index in [-0.39, 0.29) is 23.9 Å². The van der Waals surface area contributed by atoms with Crippen LogP contribution in [0, 0.1) is 5.82 Å². The molecule has 0 aliphatic heterocycles. The molecule has 0 aliphatic carbocycles. The molecule has 0 saturated heterocycles. The fourth-order valence-electron chi connectivity index (χ4n) is 2.97. The normalized spacial score (nSPS) is 11.9. The number of aryl methyl sites for hydroxylation is 1. The highest BCUT2D eigenvalue weighted by Crippen LogP contribution is 2.31. The topological polar surface area (TPSA) is 103 Å². The number of aromatic nitrogens is 7. The predicted octanol–water partition coefficient (Wildman–Crippen LogP) is 2.35. The lowest BCUT2D eigenvalue weighted by atomic mass is 10.0. The van der Waals surface area contributed by atoms with Crippen LogP contribution in [0.25, 0.3) is 17.0 Å². The van der Waals surface area contributed by atoms with Gasteiger partial charge in [0, 0.05) is 6.54 Å². The van der Waals surface area contributed by atoms with E-state index in [1.165, 1.54) is 16.9 Å². The van der Waals surface area contributed by atoms with Crippen LogP contribution in [-0.2, 0) is 18.8 Å². The molecular weight excluding hydrogens is 377 g/mol. The van der Waals surface area contributed by atoms with Crippen molar-refractivity contribution in [3.8, 4) is 17.3 Å². The summed E-state index contributed by atoms with van der Waals surface area (Å²) in [6.07, 6.45) is 1.45. The summed E-state index contributed by atoms with van der Waals surface area (Å²) in [6.45, 7) is 5.94. The van der Waals surface area contributed by atoms with E-state index in [0.29, 0.717) is 23.6 Å². The van der Waals surface area contributed by atoms with Gasteiger partial charge in [-0.2, -0.15) is 9.61 Å². The Balaban J connectivity index is 1.80. The third-order valence-electron chi connectivity index (χ3n) is 4.47. The minimum Gasteiger partial charge on any atom is -0.468 e. The molecule has 3 aromatic heterocycles. The van der Waals surface area contributed by atoms with Gasteiger partial charge in [-0.25, -0.2) is 14.1 Å². The van der Waals surface area contributed by atoms with Gasteiger partial charge >= 0.3 is 0 Å². The molecule has 0 aliphatic rings. The zero-order valence-electron chi connectivity index (χ0n) is 16.2. The molecule has 10 heteroatoms. The van der Waals surface area contributed by atoms with Crippen LogP contribution in [-0.4, -0.2) is 39.7 Å². The maximum absolute atomic E-state index is 14.3. The first kappa shape index (κ1) is 18.9. The van der Waals surface area contributed by atoms with Crippen LogP contribution in [0.3, 0.4) is 0 Å². The van der Waals surface area contributed by atoms with Gasteiger partial charge in [0.05, 0.1) is 16.7 Å². The van der Waals surface area contributed by atoms with E-state index in [9.17, 15) is 9.50 Å². The van der Waals surface area contributed by atoms with Crippen molar-refractivity contribution in [3.63, 3.8) is 0 Å². The first-order valence-corrected chi connectivity index (χ1v) is 9.12. The molecule has 3 heterocycles. The first-order chi connectivity index (χ1) is 13.9. The van der Waals surface area contributed by atoms with Crippen molar-refractivity contribution in [1.29, 1.82) is 0 Å². The second kappa shape index (κ2) is 7.21. The van der Waals surface area contributed by atoms with Crippen LogP contribution in [0.2, 0.25) is 0 Å². The second-order valence-electron chi connectivity index (χ2n) is 6.98. The van der Waals surface area contributed by atoms with Crippen LogP contribution in [0.1, 0.15) is 32.2 Å². The predicted molar refractivity (Wildman–Crippen MR) is 101 cm³/mol. The summed E-state index contributed by atoms with van der Waals surface area (Å²) in [5, 5.41) is 27.3. The highest BCUT2D eigenvalue weighted by molar-refractivity contribution is 5.60. The molecule has 4 aromatic rings. The number of aliphatic hydroxyl groups is 1. The number of hydrogen-bond donors (Lipinski definition) is 1. The molecule has 0 amide bonds. The minimum absolute atomic E-state index is 0.104. The van der Waals surface area contributed by atoms with Gasteiger partial charge in [-0.1, -0.05) is 12.1 Å². The number of ether oxygens (including phenoxy) is 1. The quantitative estimate of drug-likeness (QED) is 0.533. The summed E-state index contributed by atoms with van der Waals surface area (Å²) in [5.41, 5.74) is -0.184. The number of benzene rings is 1. The van der Waals surface area contributed by atoms with Gasteiger partial charge < -0.3 is 9.84 Å². The van der Waals surface area contributed by atoms with Crippen molar-refractivity contribution in [2.45, 2.75) is 39.5 Å². The Morgan fingerprint density at radius 1 is 1.21 bits per heavy atom. The van der Waals surface area contributed by atoms with Gasteiger partial charge in [0.2, 0.25) is 5.88 Å². The third kappa shape index (κ3) is 3.54. The highest BCUT2D eigenvalue weighted by Gasteiger charge is 2.26. The summed E-state index contributed by atoms with van der Waals surface area (Å²) in [6, 6.07) is 7.88. The van der Waals surface area contributed by atoms with Crippen molar-refractivity contribution in [3.05, 3.63) is 53.9 Å². The Bertz CT molecular complexity index is 1160. The minimum atomic E-state index is -1.24. The van der Waals surface area contributed by atoms with E-state index in [0.717, 1.165) is 0 Å². The molecule has 0 radical (unpaired) electrons. The number of halogens is 1. The fraction of sp³-hybridized carbons (Fsp3) is 0.316. The van der Waals surface area contributed by atoms with Crippen LogP contribution < -0.4 is 4.74 Å². The Kier molecular flexibility index (Phi) is 4.71. The first-order valence-electron chi connectivity index (χ1n) is 9.12. The number of fused-ring (bicyclic) bond motifs is 1. The molecule has 0 fully saturated rings. The highest BCUT2D eigenvalue weighted by atomic mass is 19.1. The summed E-state index contributed by atoms with van der Waals surface area (Å²) >= 11 is 0. The van der Waals surface area contributed by atoms with Gasteiger partial charge in [-0.15, -0.1) is 15.3 Å². The summed E-state index contributed by atoms with van der Waals surface area (Å²) in [4.78, 5) is 4.18. The molecule has 0 unspecified atom stereocenters. The molecule has 0 atom stereocenters. The van der Waals surface area contributed by atoms with E-state index < -0.39 is 11.4 Å². The summed E-state index contributed by atoms with van der Waals surface area (Å²) in [5.74, 6) is 0.595. The zero-order valence-corrected chi connectivity index (χ0v) is 16.2. The Morgan fingerprint density at radius 3 is 2.72 bits per heavy atom. The Labute approximate surface area is 165 Å². The molecule has 9 nitrogen and oxygen atoms in total. The molecular formula is C19H20FN7O2. The molecule has 1 N–H and O–H groups in total. The summed E-state index contributed by atoms with van der Waals surface area (Å²) in [7, 11) is 0. The molecule has 0 spiro atoms.